The van der Waals surface area contributed by atoms with Crippen LogP contribution in [0.5, 0.6) is 0 Å². The second-order valence-corrected chi connectivity index (χ2v) is 10.0. The molecule has 0 radical (unpaired) electrons. The van der Waals surface area contributed by atoms with Gasteiger partial charge in [-0.05, 0) is 99.0 Å². The van der Waals surface area contributed by atoms with Crippen molar-refractivity contribution in [2.45, 2.75) is 59.0 Å². The van der Waals surface area contributed by atoms with Gasteiger partial charge < -0.3 is 10.6 Å². The summed E-state index contributed by atoms with van der Waals surface area (Å²) in [6.45, 7) is 8.38. The molecule has 0 saturated heterocycles. The van der Waals surface area contributed by atoms with Crippen molar-refractivity contribution >= 4 is 17.5 Å². The molecule has 1 fully saturated rings. The molecule has 1 amide bonds. The summed E-state index contributed by atoms with van der Waals surface area (Å²) in [7, 11) is 0. The average molecular weight is 497 g/mol. The van der Waals surface area contributed by atoms with Crippen molar-refractivity contribution < 1.29 is 9.18 Å². The van der Waals surface area contributed by atoms with Crippen LogP contribution in [0.25, 0.3) is 22.6 Å². The molecule has 188 valence electrons. The minimum absolute atomic E-state index is 0.0560. The van der Waals surface area contributed by atoms with Crippen LogP contribution in [0.15, 0.2) is 42.6 Å². The molecular formula is C29H29FN6O. The summed E-state index contributed by atoms with van der Waals surface area (Å²) in [4.78, 5) is 21.4. The van der Waals surface area contributed by atoms with E-state index in [0.29, 0.717) is 35.4 Å². The van der Waals surface area contributed by atoms with Gasteiger partial charge in [0, 0.05) is 29.6 Å². The van der Waals surface area contributed by atoms with Crippen LogP contribution in [0.1, 0.15) is 71.3 Å². The number of hydrogen-bond acceptors (Lipinski definition) is 5. The zero-order valence-corrected chi connectivity index (χ0v) is 21.4. The molecule has 2 aliphatic rings. The Balaban J connectivity index is 1.32. The van der Waals surface area contributed by atoms with Crippen LogP contribution in [0, 0.1) is 19.7 Å². The second kappa shape index (κ2) is 8.80. The Hall–Kier alpha value is -4.07. The first-order valence-electron chi connectivity index (χ1n) is 12.8. The molecular weight excluding hydrogens is 467 g/mol. The summed E-state index contributed by atoms with van der Waals surface area (Å²) in [5.41, 5.74) is 7.43. The summed E-state index contributed by atoms with van der Waals surface area (Å²) in [5, 5.41) is 10.9. The Morgan fingerprint density at radius 3 is 2.57 bits per heavy atom. The molecule has 1 aliphatic carbocycles. The van der Waals surface area contributed by atoms with E-state index in [9.17, 15) is 4.79 Å². The molecule has 2 aromatic carbocycles. The number of benzene rings is 2. The summed E-state index contributed by atoms with van der Waals surface area (Å²) in [6.07, 6.45) is 4.35. The molecule has 37 heavy (non-hydrogen) atoms. The van der Waals surface area contributed by atoms with Crippen LogP contribution in [0.4, 0.5) is 16.0 Å². The van der Waals surface area contributed by atoms with Crippen LogP contribution in [-0.4, -0.2) is 25.7 Å². The molecule has 2 N–H and O–H groups in total. The third-order valence-electron chi connectivity index (χ3n) is 7.34. The number of anilines is 2. The highest BCUT2D eigenvalue weighted by Crippen LogP contribution is 2.40. The van der Waals surface area contributed by atoms with E-state index in [1.54, 1.807) is 10.7 Å². The number of nitrogens with one attached hydrogen (secondary N) is 2. The van der Waals surface area contributed by atoms with Gasteiger partial charge in [0.15, 0.2) is 5.82 Å². The van der Waals surface area contributed by atoms with Crippen molar-refractivity contribution in [3.05, 3.63) is 76.2 Å². The molecule has 2 aromatic heterocycles. The third-order valence-corrected chi connectivity index (χ3v) is 7.34. The number of rotatable bonds is 6. The van der Waals surface area contributed by atoms with Gasteiger partial charge in [-0.25, -0.2) is 9.07 Å². The van der Waals surface area contributed by atoms with Gasteiger partial charge in [-0.15, -0.1) is 5.10 Å². The fraction of sp³-hybridized carbons (Fsp3) is 0.310. The first-order chi connectivity index (χ1) is 17.8. The van der Waals surface area contributed by atoms with Gasteiger partial charge >= 0.3 is 0 Å². The summed E-state index contributed by atoms with van der Waals surface area (Å²) < 4.78 is 17.1. The van der Waals surface area contributed by atoms with Gasteiger partial charge in [0.2, 0.25) is 5.95 Å². The number of aryl methyl sites for hydroxylation is 3. The minimum atomic E-state index is -0.388. The van der Waals surface area contributed by atoms with E-state index in [-0.39, 0.29) is 17.8 Å². The first-order valence-corrected chi connectivity index (χ1v) is 12.8. The molecule has 8 heteroatoms. The van der Waals surface area contributed by atoms with Crippen LogP contribution in [0.2, 0.25) is 0 Å². The first kappa shape index (κ1) is 23.3. The Morgan fingerprint density at radius 2 is 1.86 bits per heavy atom. The number of amides is 1. The van der Waals surface area contributed by atoms with Gasteiger partial charge in [-0.3, -0.25) is 9.78 Å². The predicted octanol–water partition coefficient (Wildman–Crippen LogP) is 6.21. The molecule has 1 aliphatic heterocycles. The normalized spacial score (nSPS) is 16.6. The van der Waals surface area contributed by atoms with Crippen LogP contribution >= 0.6 is 0 Å². The molecule has 0 spiro atoms. The number of carbonyl (C=O) groups is 1. The van der Waals surface area contributed by atoms with Gasteiger partial charge in [0.25, 0.3) is 5.91 Å². The number of fused-ring (bicyclic) bond motifs is 1. The Bertz CT molecular complexity index is 1540. The summed E-state index contributed by atoms with van der Waals surface area (Å²) in [5.74, 6) is 1.02. The minimum Gasteiger partial charge on any atom is -0.345 e. The Kier molecular flexibility index (Phi) is 5.55. The molecule has 1 saturated carbocycles. The molecule has 3 heterocycles. The number of halogens is 1. The molecule has 0 bridgehead atoms. The smallest absolute Gasteiger partial charge is 0.252 e. The Morgan fingerprint density at radius 1 is 1.08 bits per heavy atom. The SMILES string of the molecule is CCn1nc(-c2cc(C)c(-c3ccc(C4CC4)cn3)cc2F)nc1Nc1cc2c(cc1C)C(=O)NC2C. The zero-order valence-electron chi connectivity index (χ0n) is 21.4. The maximum Gasteiger partial charge on any atom is 0.252 e. The van der Waals surface area contributed by atoms with E-state index in [4.69, 9.17) is 0 Å². The van der Waals surface area contributed by atoms with E-state index in [1.807, 2.05) is 52.1 Å². The molecule has 6 rings (SSSR count). The van der Waals surface area contributed by atoms with Gasteiger partial charge in [0.1, 0.15) is 5.82 Å². The predicted molar refractivity (Wildman–Crippen MR) is 141 cm³/mol. The van der Waals surface area contributed by atoms with Crippen molar-refractivity contribution in [3.63, 3.8) is 0 Å². The van der Waals surface area contributed by atoms with E-state index in [1.165, 1.54) is 24.5 Å². The largest absolute Gasteiger partial charge is 0.345 e. The maximum atomic E-state index is 15.4. The molecule has 7 nitrogen and oxygen atoms in total. The lowest BCUT2D eigenvalue weighted by Crippen LogP contribution is -2.16. The van der Waals surface area contributed by atoms with Crippen molar-refractivity contribution in [1.29, 1.82) is 0 Å². The van der Waals surface area contributed by atoms with Crippen molar-refractivity contribution in [1.82, 2.24) is 25.1 Å². The van der Waals surface area contributed by atoms with Crippen molar-refractivity contribution in [3.8, 4) is 22.6 Å². The van der Waals surface area contributed by atoms with E-state index in [2.05, 4.69) is 31.8 Å². The zero-order chi connectivity index (χ0) is 25.8. The number of hydrogen-bond donors (Lipinski definition) is 2. The standard InChI is InChI=1S/C29H29FN6O/c1-5-36-29(33-26-13-21-17(4)32-28(37)22(21)11-16(26)3)34-27(35-36)23-10-15(2)20(12-24(23)30)25-9-8-19(14-31-25)18-6-7-18/h8-14,17-18H,5-7H2,1-4H3,(H,32,37)(H,33,34,35). The van der Waals surface area contributed by atoms with E-state index in [0.717, 1.165) is 33.6 Å². The highest BCUT2D eigenvalue weighted by atomic mass is 19.1. The highest BCUT2D eigenvalue weighted by molar-refractivity contribution is 6.00. The quantitative estimate of drug-likeness (QED) is 0.332. The summed E-state index contributed by atoms with van der Waals surface area (Å²) in [6, 6.07) is 11.2. The molecule has 1 unspecified atom stereocenters. The average Bonchev–Trinajstić information content (AvgIpc) is 3.60. The number of carbonyl (C=O) groups excluding carboxylic acids is 1. The second-order valence-electron chi connectivity index (χ2n) is 10.0. The van der Waals surface area contributed by atoms with E-state index >= 15 is 4.39 Å². The van der Waals surface area contributed by atoms with Gasteiger partial charge in [-0.1, -0.05) is 6.07 Å². The number of aromatic nitrogens is 4. The fourth-order valence-corrected chi connectivity index (χ4v) is 5.01. The van der Waals surface area contributed by atoms with Gasteiger partial charge in [-0.2, -0.15) is 4.98 Å². The maximum absolute atomic E-state index is 15.4. The lowest BCUT2D eigenvalue weighted by Gasteiger charge is -2.12. The van der Waals surface area contributed by atoms with Crippen molar-refractivity contribution in [2.24, 2.45) is 0 Å². The highest BCUT2D eigenvalue weighted by Gasteiger charge is 2.27. The van der Waals surface area contributed by atoms with Crippen LogP contribution < -0.4 is 10.6 Å². The van der Waals surface area contributed by atoms with Crippen LogP contribution in [-0.2, 0) is 6.54 Å². The molecule has 1 atom stereocenters. The fourth-order valence-electron chi connectivity index (χ4n) is 5.01. The summed E-state index contributed by atoms with van der Waals surface area (Å²) >= 11 is 0. The lowest BCUT2D eigenvalue weighted by molar-refractivity contribution is 0.0958. The van der Waals surface area contributed by atoms with E-state index < -0.39 is 0 Å². The number of nitrogens with zero attached hydrogens (tertiary/aromatic N) is 4. The Labute approximate surface area is 215 Å². The van der Waals surface area contributed by atoms with Crippen molar-refractivity contribution in [2.75, 3.05) is 5.32 Å². The monoisotopic (exact) mass is 496 g/mol. The van der Waals surface area contributed by atoms with Crippen LogP contribution in [0.3, 0.4) is 0 Å². The number of pyridine rings is 1. The van der Waals surface area contributed by atoms with Gasteiger partial charge in [0.05, 0.1) is 17.3 Å². The third kappa shape index (κ3) is 4.16. The topological polar surface area (TPSA) is 84.7 Å². The lowest BCUT2D eigenvalue weighted by atomic mass is 10.0. The molecule has 4 aromatic rings.